The van der Waals surface area contributed by atoms with Gasteiger partial charge in [0.05, 0.1) is 10.9 Å². The third kappa shape index (κ3) is 3.60. The summed E-state index contributed by atoms with van der Waals surface area (Å²) in [6, 6.07) is 15.6. The second-order valence-electron chi connectivity index (χ2n) is 6.71. The second kappa shape index (κ2) is 7.56. The Labute approximate surface area is 161 Å². The van der Waals surface area contributed by atoms with E-state index in [1.807, 2.05) is 31.3 Å². The fourth-order valence-electron chi connectivity index (χ4n) is 3.23. The molecule has 2 aromatic heterocycles. The van der Waals surface area contributed by atoms with Gasteiger partial charge in [0.1, 0.15) is 11.8 Å². The Bertz CT molecular complexity index is 1250. The van der Waals surface area contributed by atoms with Gasteiger partial charge in [-0.05, 0) is 42.7 Å². The lowest BCUT2D eigenvalue weighted by Gasteiger charge is -2.06. The number of nitrogens with zero attached hydrogens (tertiary/aromatic N) is 1. The third-order valence-electron chi connectivity index (χ3n) is 4.70. The van der Waals surface area contributed by atoms with E-state index in [2.05, 4.69) is 28.1 Å². The van der Waals surface area contributed by atoms with Crippen molar-refractivity contribution in [2.75, 3.05) is 6.54 Å². The largest absolute Gasteiger partial charge is 0.463 e. The molecule has 140 valence electrons. The molecule has 0 aliphatic heterocycles. The van der Waals surface area contributed by atoms with Gasteiger partial charge in [-0.3, -0.25) is 9.59 Å². The lowest BCUT2D eigenvalue weighted by atomic mass is 10.1. The Balaban J connectivity index is 1.41. The number of fused-ring (bicyclic) bond motifs is 2. The Morgan fingerprint density at radius 3 is 2.93 bits per heavy atom. The van der Waals surface area contributed by atoms with Gasteiger partial charge >= 0.3 is 0 Å². The molecule has 5 heteroatoms. The monoisotopic (exact) mass is 372 g/mol. The van der Waals surface area contributed by atoms with Crippen LogP contribution in [0.2, 0.25) is 0 Å². The second-order valence-corrected chi connectivity index (χ2v) is 6.71. The van der Waals surface area contributed by atoms with E-state index in [9.17, 15) is 9.59 Å². The molecule has 4 aromatic rings. The zero-order valence-corrected chi connectivity index (χ0v) is 15.5. The normalized spacial score (nSPS) is 11.5. The quantitative estimate of drug-likeness (QED) is 0.541. The topological polar surface area (TPSA) is 64.2 Å². The molecule has 0 aliphatic rings. The van der Waals surface area contributed by atoms with Gasteiger partial charge in [0, 0.05) is 30.9 Å². The number of aryl methyl sites for hydroxylation is 1. The number of amides is 1. The predicted molar refractivity (Wildman–Crippen MR) is 111 cm³/mol. The maximum atomic E-state index is 12.5. The smallest absolute Gasteiger partial charge is 0.244 e. The van der Waals surface area contributed by atoms with Crippen molar-refractivity contribution in [3.05, 3.63) is 88.4 Å². The molecule has 0 unspecified atom stereocenters. The van der Waals surface area contributed by atoms with Crippen LogP contribution in [0, 0.1) is 6.92 Å². The number of hydrogen-bond acceptors (Lipinski definition) is 3. The van der Waals surface area contributed by atoms with E-state index in [-0.39, 0.29) is 11.3 Å². The Hall–Kier alpha value is -3.60. The fraction of sp³-hybridized carbons (Fsp3) is 0.130. The molecule has 5 nitrogen and oxygen atoms in total. The SMILES string of the molecule is Cc1ccc2occ(/C=C/C(=O)NCCn3ccc4ccccc43)c(=O)c2c1. The summed E-state index contributed by atoms with van der Waals surface area (Å²) in [5.74, 6) is -0.250. The number of aromatic nitrogens is 1. The molecule has 0 saturated heterocycles. The summed E-state index contributed by atoms with van der Waals surface area (Å²) in [5.41, 5.74) is 2.86. The summed E-state index contributed by atoms with van der Waals surface area (Å²) in [7, 11) is 0. The third-order valence-corrected chi connectivity index (χ3v) is 4.70. The van der Waals surface area contributed by atoms with Crippen molar-refractivity contribution in [3.8, 4) is 0 Å². The van der Waals surface area contributed by atoms with E-state index in [0.29, 0.717) is 29.6 Å². The molecule has 0 saturated carbocycles. The summed E-state index contributed by atoms with van der Waals surface area (Å²) in [6.07, 6.45) is 6.25. The minimum atomic E-state index is -0.250. The number of carbonyl (C=O) groups excluding carboxylic acids is 1. The van der Waals surface area contributed by atoms with Crippen LogP contribution in [0.15, 0.2) is 76.3 Å². The standard InChI is InChI=1S/C23H20N2O3/c1-16-6-8-21-19(14-16)23(27)18(15-28-21)7-9-22(26)24-11-13-25-12-10-17-4-2-3-5-20(17)25/h2-10,12,14-15H,11,13H2,1H3,(H,24,26)/b9-7+. The van der Waals surface area contributed by atoms with Gasteiger partial charge in [0.2, 0.25) is 5.91 Å². The molecule has 2 heterocycles. The highest BCUT2D eigenvalue weighted by atomic mass is 16.3. The maximum Gasteiger partial charge on any atom is 0.244 e. The van der Waals surface area contributed by atoms with E-state index in [1.54, 1.807) is 12.1 Å². The van der Waals surface area contributed by atoms with Crippen LogP contribution in [0.1, 0.15) is 11.1 Å². The van der Waals surface area contributed by atoms with Crippen LogP contribution in [0.4, 0.5) is 0 Å². The number of benzene rings is 2. The minimum absolute atomic E-state index is 0.146. The number of rotatable bonds is 5. The average molecular weight is 372 g/mol. The van der Waals surface area contributed by atoms with Crippen molar-refractivity contribution >= 4 is 33.9 Å². The van der Waals surface area contributed by atoms with E-state index in [0.717, 1.165) is 11.1 Å². The van der Waals surface area contributed by atoms with Crippen LogP contribution >= 0.6 is 0 Å². The molecule has 1 amide bonds. The number of carbonyl (C=O) groups is 1. The Morgan fingerprint density at radius 1 is 1.18 bits per heavy atom. The van der Waals surface area contributed by atoms with Crippen LogP contribution in [0.3, 0.4) is 0 Å². The summed E-state index contributed by atoms with van der Waals surface area (Å²) < 4.78 is 7.59. The van der Waals surface area contributed by atoms with Gasteiger partial charge in [0.15, 0.2) is 5.43 Å². The maximum absolute atomic E-state index is 12.5. The van der Waals surface area contributed by atoms with E-state index >= 15 is 0 Å². The summed E-state index contributed by atoms with van der Waals surface area (Å²) >= 11 is 0. The minimum Gasteiger partial charge on any atom is -0.463 e. The van der Waals surface area contributed by atoms with Crippen molar-refractivity contribution in [1.82, 2.24) is 9.88 Å². The van der Waals surface area contributed by atoms with Gasteiger partial charge < -0.3 is 14.3 Å². The van der Waals surface area contributed by atoms with Crippen LogP contribution in [0.25, 0.3) is 27.9 Å². The van der Waals surface area contributed by atoms with Crippen molar-refractivity contribution in [2.24, 2.45) is 0 Å². The molecule has 0 radical (unpaired) electrons. The fourth-order valence-corrected chi connectivity index (χ4v) is 3.23. The van der Waals surface area contributed by atoms with Crippen LogP contribution < -0.4 is 10.7 Å². The van der Waals surface area contributed by atoms with Crippen LogP contribution in [-0.2, 0) is 11.3 Å². The molecule has 0 spiro atoms. The van der Waals surface area contributed by atoms with E-state index in [1.165, 1.54) is 23.8 Å². The van der Waals surface area contributed by atoms with Crippen molar-refractivity contribution in [2.45, 2.75) is 13.5 Å². The molecule has 0 bridgehead atoms. The molecule has 4 rings (SSSR count). The molecule has 2 aromatic carbocycles. The number of para-hydroxylation sites is 1. The number of nitrogens with one attached hydrogen (secondary N) is 1. The predicted octanol–water partition coefficient (Wildman–Crippen LogP) is 3.89. The van der Waals surface area contributed by atoms with Gasteiger partial charge in [-0.15, -0.1) is 0 Å². The molecule has 0 fully saturated rings. The molecule has 1 N–H and O–H groups in total. The van der Waals surface area contributed by atoms with Crippen LogP contribution in [-0.4, -0.2) is 17.0 Å². The highest BCUT2D eigenvalue weighted by Crippen LogP contribution is 2.15. The first-order valence-corrected chi connectivity index (χ1v) is 9.14. The summed E-state index contributed by atoms with van der Waals surface area (Å²) in [4.78, 5) is 24.6. The first-order valence-electron chi connectivity index (χ1n) is 9.14. The van der Waals surface area contributed by atoms with Gasteiger partial charge in [0.25, 0.3) is 0 Å². The van der Waals surface area contributed by atoms with Crippen molar-refractivity contribution in [1.29, 1.82) is 0 Å². The lowest BCUT2D eigenvalue weighted by molar-refractivity contribution is -0.116. The number of hydrogen-bond donors (Lipinski definition) is 1. The zero-order valence-electron chi connectivity index (χ0n) is 15.5. The van der Waals surface area contributed by atoms with Crippen molar-refractivity contribution < 1.29 is 9.21 Å². The average Bonchev–Trinajstić information content (AvgIpc) is 3.11. The van der Waals surface area contributed by atoms with Crippen LogP contribution in [0.5, 0.6) is 0 Å². The molecular weight excluding hydrogens is 352 g/mol. The molecule has 0 atom stereocenters. The first kappa shape index (κ1) is 17.8. The van der Waals surface area contributed by atoms with Gasteiger partial charge in [-0.25, -0.2) is 0 Å². The molecule has 28 heavy (non-hydrogen) atoms. The first-order chi connectivity index (χ1) is 13.6. The lowest BCUT2D eigenvalue weighted by Crippen LogP contribution is -2.25. The van der Waals surface area contributed by atoms with Gasteiger partial charge in [-0.1, -0.05) is 29.8 Å². The molecule has 0 aliphatic carbocycles. The highest BCUT2D eigenvalue weighted by Gasteiger charge is 2.06. The van der Waals surface area contributed by atoms with E-state index in [4.69, 9.17) is 4.42 Å². The summed E-state index contributed by atoms with van der Waals surface area (Å²) in [6.45, 7) is 3.08. The van der Waals surface area contributed by atoms with Gasteiger partial charge in [-0.2, -0.15) is 0 Å². The van der Waals surface area contributed by atoms with E-state index < -0.39 is 0 Å². The Kier molecular flexibility index (Phi) is 4.81. The Morgan fingerprint density at radius 2 is 2.04 bits per heavy atom. The molecular formula is C23H20N2O3. The zero-order chi connectivity index (χ0) is 19.5. The highest BCUT2D eigenvalue weighted by molar-refractivity contribution is 5.92. The summed E-state index contributed by atoms with van der Waals surface area (Å²) in [5, 5.41) is 4.53. The van der Waals surface area contributed by atoms with Crippen molar-refractivity contribution in [3.63, 3.8) is 0 Å².